The van der Waals surface area contributed by atoms with Crippen molar-refractivity contribution in [3.8, 4) is 0 Å². The predicted octanol–water partition coefficient (Wildman–Crippen LogP) is 1.55. The lowest BCUT2D eigenvalue weighted by atomic mass is 10.2. The van der Waals surface area contributed by atoms with Crippen LogP contribution in [0.3, 0.4) is 0 Å². The molecule has 0 spiro atoms. The third kappa shape index (κ3) is 3.39. The highest BCUT2D eigenvalue weighted by molar-refractivity contribution is 6.05. The van der Waals surface area contributed by atoms with Crippen molar-refractivity contribution in [2.24, 2.45) is 0 Å². The highest BCUT2D eigenvalue weighted by Gasteiger charge is 2.21. The van der Waals surface area contributed by atoms with Crippen molar-refractivity contribution < 1.29 is 9.59 Å². The van der Waals surface area contributed by atoms with Crippen molar-refractivity contribution in [2.45, 2.75) is 26.8 Å². The van der Waals surface area contributed by atoms with Gasteiger partial charge in [-0.2, -0.15) is 5.10 Å². The highest BCUT2D eigenvalue weighted by Crippen LogP contribution is 2.16. The van der Waals surface area contributed by atoms with E-state index in [9.17, 15) is 9.59 Å². The molecule has 0 fully saturated rings. The van der Waals surface area contributed by atoms with Crippen molar-refractivity contribution in [3.63, 3.8) is 0 Å². The maximum absolute atomic E-state index is 12.5. The Bertz CT molecular complexity index is 648. The van der Waals surface area contributed by atoms with E-state index in [1.54, 1.807) is 0 Å². The van der Waals surface area contributed by atoms with Crippen molar-refractivity contribution in [1.29, 1.82) is 0 Å². The van der Waals surface area contributed by atoms with Crippen molar-refractivity contribution in [3.05, 3.63) is 30.0 Å². The van der Waals surface area contributed by atoms with Crippen LogP contribution in [0.25, 0.3) is 10.9 Å². The van der Waals surface area contributed by atoms with E-state index in [1.807, 2.05) is 45.0 Å². The van der Waals surface area contributed by atoms with Crippen LogP contribution in [-0.2, 0) is 4.79 Å². The number of rotatable bonds is 5. The zero-order valence-electron chi connectivity index (χ0n) is 12.5. The number of amides is 2. The number of fused-ring (bicyclic) bond motifs is 1. The quantitative estimate of drug-likeness (QED) is 0.876. The zero-order chi connectivity index (χ0) is 15.4. The summed E-state index contributed by atoms with van der Waals surface area (Å²) >= 11 is 0. The number of aromatic amines is 1. The maximum Gasteiger partial charge on any atom is 0.275 e. The normalized spacial score (nSPS) is 10.9. The van der Waals surface area contributed by atoms with E-state index in [0.717, 1.165) is 10.9 Å². The monoisotopic (exact) mass is 288 g/mol. The first-order valence-electron chi connectivity index (χ1n) is 7.04. The van der Waals surface area contributed by atoms with Gasteiger partial charge in [-0.15, -0.1) is 0 Å². The number of aromatic nitrogens is 2. The summed E-state index contributed by atoms with van der Waals surface area (Å²) in [5.41, 5.74) is 1.16. The summed E-state index contributed by atoms with van der Waals surface area (Å²) in [4.78, 5) is 25.8. The molecule has 0 unspecified atom stereocenters. The van der Waals surface area contributed by atoms with Gasteiger partial charge >= 0.3 is 0 Å². The van der Waals surface area contributed by atoms with Crippen LogP contribution in [0.15, 0.2) is 24.3 Å². The van der Waals surface area contributed by atoms with E-state index in [1.165, 1.54) is 4.90 Å². The van der Waals surface area contributed by atoms with Gasteiger partial charge in [0, 0.05) is 18.0 Å². The number of carbonyl (C=O) groups is 2. The molecule has 6 nitrogen and oxygen atoms in total. The zero-order valence-corrected chi connectivity index (χ0v) is 12.5. The summed E-state index contributed by atoms with van der Waals surface area (Å²) in [7, 11) is 0. The van der Waals surface area contributed by atoms with Gasteiger partial charge in [-0.3, -0.25) is 14.7 Å². The second-order valence-corrected chi connectivity index (χ2v) is 5.16. The minimum atomic E-state index is -0.242. The molecule has 6 heteroatoms. The van der Waals surface area contributed by atoms with E-state index in [4.69, 9.17) is 0 Å². The SMILES string of the molecule is CCN(CC(=O)NC(C)C)C(=O)c1n[nH]c2ccccc12. The Labute approximate surface area is 123 Å². The van der Waals surface area contributed by atoms with Crippen LogP contribution in [0.5, 0.6) is 0 Å². The summed E-state index contributed by atoms with van der Waals surface area (Å²) in [5.74, 6) is -0.408. The van der Waals surface area contributed by atoms with Gasteiger partial charge in [0.05, 0.1) is 12.1 Å². The topological polar surface area (TPSA) is 78.1 Å². The molecular formula is C15H20N4O2. The van der Waals surface area contributed by atoms with Crippen molar-refractivity contribution in [1.82, 2.24) is 20.4 Å². The number of para-hydroxylation sites is 1. The third-order valence-electron chi connectivity index (χ3n) is 3.13. The highest BCUT2D eigenvalue weighted by atomic mass is 16.2. The summed E-state index contributed by atoms with van der Waals surface area (Å²) in [5, 5.41) is 10.5. The van der Waals surface area contributed by atoms with Crippen LogP contribution in [0.4, 0.5) is 0 Å². The molecule has 2 N–H and O–H groups in total. The third-order valence-corrected chi connectivity index (χ3v) is 3.13. The van der Waals surface area contributed by atoms with E-state index in [-0.39, 0.29) is 24.4 Å². The standard InChI is InChI=1S/C15H20N4O2/c1-4-19(9-13(20)16-10(2)3)15(21)14-11-7-5-6-8-12(11)17-18-14/h5-8,10H,4,9H2,1-3H3,(H,16,20)(H,17,18). The Balaban J connectivity index is 2.18. The lowest BCUT2D eigenvalue weighted by Gasteiger charge is -2.20. The van der Waals surface area contributed by atoms with Crippen molar-refractivity contribution >= 4 is 22.7 Å². The van der Waals surface area contributed by atoms with Crippen LogP contribution >= 0.6 is 0 Å². The number of hydrogen-bond acceptors (Lipinski definition) is 3. The van der Waals surface area contributed by atoms with Crippen molar-refractivity contribution in [2.75, 3.05) is 13.1 Å². The van der Waals surface area contributed by atoms with Gasteiger partial charge in [-0.05, 0) is 26.8 Å². The first-order valence-corrected chi connectivity index (χ1v) is 7.04. The van der Waals surface area contributed by atoms with Gasteiger partial charge in [0.2, 0.25) is 5.91 Å². The minimum Gasteiger partial charge on any atom is -0.352 e. The number of nitrogens with one attached hydrogen (secondary N) is 2. The van der Waals surface area contributed by atoms with Crippen LogP contribution in [-0.4, -0.2) is 46.0 Å². The van der Waals surface area contributed by atoms with Gasteiger partial charge in [0.25, 0.3) is 5.91 Å². The molecular weight excluding hydrogens is 268 g/mol. The van der Waals surface area contributed by atoms with Gasteiger partial charge in [-0.1, -0.05) is 18.2 Å². The number of carbonyl (C=O) groups excluding carboxylic acids is 2. The van der Waals surface area contributed by atoms with E-state index >= 15 is 0 Å². The molecule has 0 saturated carbocycles. The number of benzene rings is 1. The van der Waals surface area contributed by atoms with Gasteiger partial charge in [-0.25, -0.2) is 0 Å². The second kappa shape index (κ2) is 6.39. The molecule has 2 aromatic rings. The molecule has 1 aromatic carbocycles. The van der Waals surface area contributed by atoms with Crippen LogP contribution in [0.2, 0.25) is 0 Å². The van der Waals surface area contributed by atoms with Crippen LogP contribution < -0.4 is 5.32 Å². The number of likely N-dealkylation sites (N-methyl/N-ethyl adjacent to an activating group) is 1. The Morgan fingerprint density at radius 1 is 1.33 bits per heavy atom. The molecule has 21 heavy (non-hydrogen) atoms. The Morgan fingerprint density at radius 3 is 2.71 bits per heavy atom. The molecule has 0 radical (unpaired) electrons. The fourth-order valence-electron chi connectivity index (χ4n) is 2.14. The van der Waals surface area contributed by atoms with Gasteiger partial charge < -0.3 is 10.2 Å². The average molecular weight is 288 g/mol. The molecule has 2 amide bonds. The Hall–Kier alpha value is -2.37. The second-order valence-electron chi connectivity index (χ2n) is 5.16. The van der Waals surface area contributed by atoms with E-state index < -0.39 is 0 Å². The van der Waals surface area contributed by atoms with Crippen LogP contribution in [0.1, 0.15) is 31.3 Å². The van der Waals surface area contributed by atoms with E-state index in [0.29, 0.717) is 12.2 Å². The first-order chi connectivity index (χ1) is 10.0. The largest absolute Gasteiger partial charge is 0.352 e. The fourth-order valence-corrected chi connectivity index (χ4v) is 2.14. The average Bonchev–Trinajstić information content (AvgIpc) is 2.87. The molecule has 0 aliphatic heterocycles. The van der Waals surface area contributed by atoms with Gasteiger partial charge in [0.15, 0.2) is 5.69 Å². The molecule has 0 saturated heterocycles. The Kier molecular flexibility index (Phi) is 4.57. The summed E-state index contributed by atoms with van der Waals surface area (Å²) in [6.45, 7) is 6.10. The smallest absolute Gasteiger partial charge is 0.275 e. The number of nitrogens with zero attached hydrogens (tertiary/aromatic N) is 2. The lowest BCUT2D eigenvalue weighted by molar-refractivity contribution is -0.122. The molecule has 0 aliphatic carbocycles. The lowest BCUT2D eigenvalue weighted by Crippen LogP contribution is -2.42. The molecule has 0 atom stereocenters. The maximum atomic E-state index is 12.5. The molecule has 2 rings (SSSR count). The molecule has 0 bridgehead atoms. The summed E-state index contributed by atoms with van der Waals surface area (Å²) in [6.07, 6.45) is 0. The summed E-state index contributed by atoms with van der Waals surface area (Å²) < 4.78 is 0. The number of hydrogen-bond donors (Lipinski definition) is 2. The Morgan fingerprint density at radius 2 is 2.05 bits per heavy atom. The molecule has 0 aliphatic rings. The fraction of sp³-hybridized carbons (Fsp3) is 0.400. The molecule has 112 valence electrons. The van der Waals surface area contributed by atoms with E-state index in [2.05, 4.69) is 15.5 Å². The minimum absolute atomic E-state index is 0.0364. The number of H-pyrrole nitrogens is 1. The van der Waals surface area contributed by atoms with Crippen LogP contribution in [0, 0.1) is 0 Å². The van der Waals surface area contributed by atoms with Gasteiger partial charge in [0.1, 0.15) is 0 Å². The molecule has 1 heterocycles. The molecule has 1 aromatic heterocycles. The predicted molar refractivity (Wildman–Crippen MR) is 80.9 cm³/mol. The first kappa shape index (κ1) is 15.0. The summed E-state index contributed by atoms with van der Waals surface area (Å²) in [6, 6.07) is 7.49.